The van der Waals surface area contributed by atoms with Gasteiger partial charge in [-0.05, 0) is 62.8 Å². The number of amides is 2. The Labute approximate surface area is 200 Å². The second-order valence-corrected chi connectivity index (χ2v) is 9.56. The summed E-state index contributed by atoms with van der Waals surface area (Å²) in [4.78, 5) is 14.9. The highest BCUT2D eigenvalue weighted by Crippen LogP contribution is 2.36. The van der Waals surface area contributed by atoms with Crippen molar-refractivity contribution in [2.75, 3.05) is 6.54 Å². The maximum atomic E-state index is 14.0. The summed E-state index contributed by atoms with van der Waals surface area (Å²) in [6.07, 6.45) is 2.27. The van der Waals surface area contributed by atoms with E-state index in [2.05, 4.69) is 19.2 Å². The molecule has 7 heteroatoms. The van der Waals surface area contributed by atoms with Gasteiger partial charge in [-0.25, -0.2) is 13.9 Å². The molecule has 0 aliphatic heterocycles. The van der Waals surface area contributed by atoms with Gasteiger partial charge in [-0.2, -0.15) is 5.10 Å². The first-order valence-corrected chi connectivity index (χ1v) is 12.0. The number of para-hydroxylation sites is 1. The molecule has 1 aliphatic rings. The fraction of sp³-hybridized carbons (Fsp3) is 0.407. The highest BCUT2D eigenvalue weighted by Gasteiger charge is 2.31. The van der Waals surface area contributed by atoms with Gasteiger partial charge in [0.1, 0.15) is 11.6 Å². The van der Waals surface area contributed by atoms with Crippen LogP contribution in [0.25, 0.3) is 5.69 Å². The van der Waals surface area contributed by atoms with E-state index in [0.29, 0.717) is 30.6 Å². The molecule has 1 heterocycles. The van der Waals surface area contributed by atoms with E-state index in [1.165, 1.54) is 12.1 Å². The molecule has 1 aromatic heterocycles. The predicted octanol–water partition coefficient (Wildman–Crippen LogP) is 6.26. The largest absolute Gasteiger partial charge is 0.438 e. The van der Waals surface area contributed by atoms with Crippen LogP contribution in [-0.4, -0.2) is 33.3 Å². The molecule has 4 rings (SSSR count). The van der Waals surface area contributed by atoms with Crippen LogP contribution < -0.4 is 10.1 Å². The average Bonchev–Trinajstić information content (AvgIpc) is 3.54. The van der Waals surface area contributed by atoms with Crippen LogP contribution in [0.1, 0.15) is 57.7 Å². The maximum Gasteiger partial charge on any atom is 0.317 e. The Balaban J connectivity index is 1.79. The fourth-order valence-electron chi connectivity index (χ4n) is 3.92. The van der Waals surface area contributed by atoms with Crippen molar-refractivity contribution in [3.8, 4) is 17.3 Å². The molecule has 0 bridgehead atoms. The molecule has 1 aliphatic carbocycles. The van der Waals surface area contributed by atoms with Crippen LogP contribution in [-0.2, 0) is 6.54 Å². The molecule has 0 atom stereocenters. The van der Waals surface area contributed by atoms with Gasteiger partial charge in [0.15, 0.2) is 0 Å². The minimum absolute atomic E-state index is 0.0360. The number of benzene rings is 2. The third-order valence-electron chi connectivity index (χ3n) is 5.75. The molecular weight excluding hydrogens is 431 g/mol. The topological polar surface area (TPSA) is 59.4 Å². The number of nitrogens with zero attached hydrogens (tertiary/aromatic N) is 3. The third kappa shape index (κ3) is 5.76. The first-order valence-electron chi connectivity index (χ1n) is 12.0. The number of aromatic nitrogens is 2. The summed E-state index contributed by atoms with van der Waals surface area (Å²) in [6, 6.07) is 15.7. The van der Waals surface area contributed by atoms with Crippen LogP contribution in [0.4, 0.5) is 9.18 Å². The van der Waals surface area contributed by atoms with Gasteiger partial charge in [0.05, 0.1) is 23.5 Å². The van der Waals surface area contributed by atoms with E-state index in [1.807, 2.05) is 49.1 Å². The highest BCUT2D eigenvalue weighted by atomic mass is 19.1. The van der Waals surface area contributed by atoms with Gasteiger partial charge in [-0.3, -0.25) is 0 Å². The van der Waals surface area contributed by atoms with E-state index >= 15 is 0 Å². The Hall–Kier alpha value is -3.35. The van der Waals surface area contributed by atoms with Gasteiger partial charge in [-0.1, -0.05) is 38.1 Å². The van der Waals surface area contributed by atoms with Crippen LogP contribution >= 0.6 is 0 Å². The first-order chi connectivity index (χ1) is 16.3. The predicted molar refractivity (Wildman–Crippen MR) is 131 cm³/mol. The lowest BCUT2D eigenvalue weighted by atomic mass is 10.1. The summed E-state index contributed by atoms with van der Waals surface area (Å²) in [5, 5.41) is 7.94. The van der Waals surface area contributed by atoms with E-state index in [-0.39, 0.29) is 23.8 Å². The third-order valence-corrected chi connectivity index (χ3v) is 5.75. The number of carbonyl (C=O) groups excluding carboxylic acids is 1. The quantitative estimate of drug-likeness (QED) is 0.407. The van der Waals surface area contributed by atoms with Crippen molar-refractivity contribution in [3.63, 3.8) is 0 Å². The minimum atomic E-state index is -0.374. The van der Waals surface area contributed by atoms with E-state index < -0.39 is 0 Å². The van der Waals surface area contributed by atoms with Gasteiger partial charge in [-0.15, -0.1) is 0 Å². The number of ether oxygens (including phenoxy) is 1. The van der Waals surface area contributed by atoms with Crippen molar-refractivity contribution >= 4 is 6.03 Å². The summed E-state index contributed by atoms with van der Waals surface area (Å²) in [5.74, 6) is 1.14. The Morgan fingerprint density at radius 2 is 1.88 bits per heavy atom. The summed E-state index contributed by atoms with van der Waals surface area (Å²) in [7, 11) is 0. The van der Waals surface area contributed by atoms with Gasteiger partial charge in [0, 0.05) is 18.7 Å². The SMILES string of the molecule is CC(C)NC(=O)N(Cc1c(C(C)C)nn(-c2ccccc2)c1Oc1cccc(F)c1)CC1CC1. The second-order valence-electron chi connectivity index (χ2n) is 9.56. The van der Waals surface area contributed by atoms with E-state index in [4.69, 9.17) is 9.84 Å². The number of hydrogen-bond acceptors (Lipinski definition) is 3. The zero-order valence-corrected chi connectivity index (χ0v) is 20.3. The first kappa shape index (κ1) is 23.8. The fourth-order valence-corrected chi connectivity index (χ4v) is 3.92. The van der Waals surface area contributed by atoms with Crippen molar-refractivity contribution < 1.29 is 13.9 Å². The lowest BCUT2D eigenvalue weighted by Crippen LogP contribution is -2.43. The van der Waals surface area contributed by atoms with Gasteiger partial charge in [0.2, 0.25) is 5.88 Å². The number of hydrogen-bond donors (Lipinski definition) is 1. The van der Waals surface area contributed by atoms with Gasteiger partial charge in [0.25, 0.3) is 0 Å². The number of carbonyl (C=O) groups is 1. The molecule has 0 unspecified atom stereocenters. The molecular formula is C27H33FN4O2. The zero-order chi connectivity index (χ0) is 24.2. The van der Waals surface area contributed by atoms with Crippen molar-refractivity contribution in [1.29, 1.82) is 0 Å². The highest BCUT2D eigenvalue weighted by molar-refractivity contribution is 5.74. The molecule has 6 nitrogen and oxygen atoms in total. The molecule has 2 aromatic carbocycles. The Kier molecular flexibility index (Phi) is 7.20. The van der Waals surface area contributed by atoms with Crippen molar-refractivity contribution in [2.45, 2.75) is 59.0 Å². The molecule has 3 aromatic rings. The molecule has 1 saturated carbocycles. The summed E-state index contributed by atoms with van der Waals surface area (Å²) >= 11 is 0. The smallest absolute Gasteiger partial charge is 0.317 e. The normalized spacial score (nSPS) is 13.4. The van der Waals surface area contributed by atoms with Crippen LogP contribution in [0.5, 0.6) is 11.6 Å². The number of halogens is 1. The Morgan fingerprint density at radius 1 is 1.15 bits per heavy atom. The van der Waals surface area contributed by atoms with Crippen molar-refractivity contribution in [3.05, 3.63) is 71.7 Å². The van der Waals surface area contributed by atoms with Crippen molar-refractivity contribution in [1.82, 2.24) is 20.0 Å². The average molecular weight is 465 g/mol. The molecule has 1 N–H and O–H groups in total. The molecule has 0 spiro atoms. The van der Waals surface area contributed by atoms with E-state index in [9.17, 15) is 9.18 Å². The maximum absolute atomic E-state index is 14.0. The zero-order valence-electron chi connectivity index (χ0n) is 20.3. The number of nitrogens with one attached hydrogen (secondary N) is 1. The Morgan fingerprint density at radius 3 is 2.50 bits per heavy atom. The van der Waals surface area contributed by atoms with Gasteiger partial charge >= 0.3 is 6.03 Å². The molecule has 0 radical (unpaired) electrons. The van der Waals surface area contributed by atoms with Crippen molar-refractivity contribution in [2.24, 2.45) is 5.92 Å². The summed E-state index contributed by atoms with van der Waals surface area (Å²) in [6.45, 7) is 9.11. The van der Waals surface area contributed by atoms with E-state index in [1.54, 1.807) is 16.8 Å². The molecule has 180 valence electrons. The van der Waals surface area contributed by atoms with Crippen LogP contribution in [0.2, 0.25) is 0 Å². The van der Waals surface area contributed by atoms with Crippen LogP contribution in [0.3, 0.4) is 0 Å². The molecule has 34 heavy (non-hydrogen) atoms. The molecule has 0 saturated heterocycles. The second kappa shape index (κ2) is 10.3. The minimum Gasteiger partial charge on any atom is -0.438 e. The number of urea groups is 1. The molecule has 2 amide bonds. The monoisotopic (exact) mass is 464 g/mol. The lowest BCUT2D eigenvalue weighted by Gasteiger charge is -2.25. The van der Waals surface area contributed by atoms with Gasteiger partial charge < -0.3 is 15.0 Å². The Bertz CT molecular complexity index is 1120. The standard InChI is InChI=1S/C27H33FN4O2/c1-18(2)25-24(17-31(16-20-13-14-20)27(33)29-19(3)4)26(34-23-12-8-9-21(28)15-23)32(30-25)22-10-6-5-7-11-22/h5-12,15,18-20H,13-14,16-17H2,1-4H3,(H,29,33). The summed E-state index contributed by atoms with van der Waals surface area (Å²) < 4.78 is 22.0. The van der Waals surface area contributed by atoms with E-state index in [0.717, 1.165) is 29.8 Å². The van der Waals surface area contributed by atoms with Crippen LogP contribution in [0.15, 0.2) is 54.6 Å². The summed E-state index contributed by atoms with van der Waals surface area (Å²) in [5.41, 5.74) is 2.53. The molecule has 1 fully saturated rings. The van der Waals surface area contributed by atoms with Crippen LogP contribution in [0, 0.1) is 11.7 Å². The lowest BCUT2D eigenvalue weighted by molar-refractivity contribution is 0.189. The number of rotatable bonds is 9.